The number of pyridine rings is 1. The molecule has 0 radical (unpaired) electrons. The van der Waals surface area contributed by atoms with Crippen LogP contribution in [0.15, 0.2) is 65.1 Å². The number of nitrogens with zero attached hydrogens (tertiary/aromatic N) is 4. The summed E-state index contributed by atoms with van der Waals surface area (Å²) in [5.41, 5.74) is 4.09. The van der Waals surface area contributed by atoms with Gasteiger partial charge < -0.3 is 10.2 Å². The third-order valence-electron chi connectivity index (χ3n) is 6.86. The maximum Gasteiger partial charge on any atom is 0.290 e. The van der Waals surface area contributed by atoms with Crippen molar-refractivity contribution in [2.24, 2.45) is 5.92 Å². The first-order chi connectivity index (χ1) is 18.6. The molecule has 10 heteroatoms. The average Bonchev–Trinajstić information content (AvgIpc) is 3.51. The molecule has 2 amide bonds. The first-order valence-corrected chi connectivity index (χ1v) is 14.3. The molecule has 0 aliphatic carbocycles. The van der Waals surface area contributed by atoms with E-state index < -0.39 is 0 Å². The fourth-order valence-electron chi connectivity index (χ4n) is 4.88. The molecule has 5 heterocycles. The molecular formula is C28H26N6O2S2. The third-order valence-corrected chi connectivity index (χ3v) is 8.63. The molecule has 2 saturated heterocycles. The van der Waals surface area contributed by atoms with E-state index in [1.165, 1.54) is 21.2 Å². The molecule has 2 fully saturated rings. The van der Waals surface area contributed by atoms with Crippen molar-refractivity contribution in [1.29, 1.82) is 0 Å². The highest BCUT2D eigenvalue weighted by molar-refractivity contribution is 8.18. The summed E-state index contributed by atoms with van der Waals surface area (Å²) in [6.07, 6.45) is 7.30. The van der Waals surface area contributed by atoms with Crippen LogP contribution in [0.4, 0.5) is 10.7 Å². The molecule has 0 saturated carbocycles. The quantitative estimate of drug-likeness (QED) is 0.312. The Morgan fingerprint density at radius 2 is 1.92 bits per heavy atom. The minimum absolute atomic E-state index is 0.355. The number of thiophene rings is 1. The maximum atomic E-state index is 11.8. The van der Waals surface area contributed by atoms with E-state index in [-0.39, 0.29) is 11.1 Å². The van der Waals surface area contributed by atoms with Gasteiger partial charge in [0.1, 0.15) is 0 Å². The molecule has 8 nitrogen and oxygen atoms in total. The Bertz CT molecular complexity index is 1530. The van der Waals surface area contributed by atoms with E-state index in [4.69, 9.17) is 4.98 Å². The number of imide groups is 1. The van der Waals surface area contributed by atoms with Crippen LogP contribution in [0.25, 0.3) is 27.4 Å². The van der Waals surface area contributed by atoms with Crippen LogP contribution in [-0.4, -0.2) is 45.7 Å². The predicted octanol–water partition coefficient (Wildman–Crippen LogP) is 5.08. The molecule has 192 valence electrons. The minimum Gasteiger partial charge on any atom is -0.341 e. The molecule has 3 aromatic heterocycles. The van der Waals surface area contributed by atoms with E-state index in [0.29, 0.717) is 22.5 Å². The molecule has 6 rings (SSSR count). The zero-order valence-corrected chi connectivity index (χ0v) is 22.2. The lowest BCUT2D eigenvalue weighted by molar-refractivity contribution is -0.115. The standard InChI is InChI=1S/C28H26N6O2S2/c35-26-24(38-28(36)33-26)14-20-7-11-31-27(32-20)34-12-8-18(9-13-34)15-29-16-19-4-3-10-30-25(19)22-17-37-23-6-2-1-5-21(22)23/h1-7,10-11,14,17-18,29H,8-9,12-13,15-16H2,(H,33,35,36). The van der Waals surface area contributed by atoms with Crippen LogP contribution in [0.2, 0.25) is 0 Å². The van der Waals surface area contributed by atoms with Gasteiger partial charge in [-0.05, 0) is 66.9 Å². The summed E-state index contributed by atoms with van der Waals surface area (Å²) >= 11 is 2.65. The van der Waals surface area contributed by atoms with E-state index in [2.05, 4.69) is 61.2 Å². The Morgan fingerprint density at radius 1 is 1.05 bits per heavy atom. The second-order valence-corrected chi connectivity index (χ2v) is 11.3. The van der Waals surface area contributed by atoms with Crippen molar-refractivity contribution in [2.75, 3.05) is 24.5 Å². The molecule has 2 aliphatic rings. The normalized spacial score (nSPS) is 17.5. The van der Waals surface area contributed by atoms with Gasteiger partial charge in [-0.1, -0.05) is 24.3 Å². The van der Waals surface area contributed by atoms with Crippen LogP contribution in [-0.2, 0) is 11.3 Å². The van der Waals surface area contributed by atoms with Crippen molar-refractivity contribution in [2.45, 2.75) is 19.4 Å². The lowest BCUT2D eigenvalue weighted by Crippen LogP contribution is -2.38. The number of carbonyl (C=O) groups is 2. The van der Waals surface area contributed by atoms with Gasteiger partial charge in [0, 0.05) is 53.1 Å². The second kappa shape index (κ2) is 11.0. The zero-order valence-electron chi connectivity index (χ0n) is 20.6. The summed E-state index contributed by atoms with van der Waals surface area (Å²) in [6, 6.07) is 14.4. The number of fused-ring (bicyclic) bond motifs is 1. The van der Waals surface area contributed by atoms with Crippen molar-refractivity contribution >= 4 is 56.4 Å². The van der Waals surface area contributed by atoms with Crippen molar-refractivity contribution in [3.63, 3.8) is 0 Å². The van der Waals surface area contributed by atoms with Gasteiger partial charge in [0.15, 0.2) is 0 Å². The number of piperidine rings is 1. The number of thioether (sulfide) groups is 1. The SMILES string of the molecule is O=C1NC(=O)C(=Cc2ccnc(N3CCC(CNCc4cccnc4-c4csc5ccccc45)CC3)n2)S1. The Hall–Kier alpha value is -3.60. The first-order valence-electron chi connectivity index (χ1n) is 12.6. The van der Waals surface area contributed by atoms with Crippen LogP contribution in [0.1, 0.15) is 24.1 Å². The molecule has 1 aromatic carbocycles. The van der Waals surface area contributed by atoms with E-state index in [1.807, 2.05) is 12.3 Å². The number of benzene rings is 1. The maximum absolute atomic E-state index is 11.8. The molecule has 2 aliphatic heterocycles. The predicted molar refractivity (Wildman–Crippen MR) is 153 cm³/mol. The van der Waals surface area contributed by atoms with Crippen LogP contribution in [0.5, 0.6) is 0 Å². The monoisotopic (exact) mass is 542 g/mol. The van der Waals surface area contributed by atoms with Crippen molar-refractivity contribution < 1.29 is 9.59 Å². The molecule has 4 aromatic rings. The minimum atomic E-state index is -0.379. The van der Waals surface area contributed by atoms with Crippen LogP contribution in [0, 0.1) is 5.92 Å². The Morgan fingerprint density at radius 3 is 2.76 bits per heavy atom. The first kappa shape index (κ1) is 24.7. The lowest BCUT2D eigenvalue weighted by atomic mass is 9.96. The number of nitrogens with one attached hydrogen (secondary N) is 2. The zero-order chi connectivity index (χ0) is 25.9. The summed E-state index contributed by atoms with van der Waals surface area (Å²) < 4.78 is 1.28. The fraction of sp³-hybridized carbons (Fsp3) is 0.250. The number of rotatable bonds is 7. The number of carbonyl (C=O) groups excluding carboxylic acids is 2. The second-order valence-electron chi connectivity index (χ2n) is 9.35. The Labute approximate surface area is 228 Å². The smallest absolute Gasteiger partial charge is 0.290 e. The van der Waals surface area contributed by atoms with Gasteiger partial charge in [0.2, 0.25) is 5.95 Å². The van der Waals surface area contributed by atoms with Crippen molar-refractivity contribution in [3.05, 3.63) is 76.4 Å². The number of hydrogen-bond donors (Lipinski definition) is 2. The highest BCUT2D eigenvalue weighted by Crippen LogP contribution is 2.34. The summed E-state index contributed by atoms with van der Waals surface area (Å²) in [5.74, 6) is 0.849. The number of anilines is 1. The van der Waals surface area contributed by atoms with E-state index in [1.54, 1.807) is 29.7 Å². The highest BCUT2D eigenvalue weighted by Gasteiger charge is 2.26. The van der Waals surface area contributed by atoms with Crippen LogP contribution in [0.3, 0.4) is 0 Å². The van der Waals surface area contributed by atoms with Gasteiger partial charge in [0.25, 0.3) is 11.1 Å². The molecular weight excluding hydrogens is 516 g/mol. The summed E-state index contributed by atoms with van der Waals surface area (Å²) in [6.45, 7) is 3.47. The largest absolute Gasteiger partial charge is 0.341 e. The lowest BCUT2D eigenvalue weighted by Gasteiger charge is -2.32. The van der Waals surface area contributed by atoms with Crippen molar-refractivity contribution in [1.82, 2.24) is 25.6 Å². The topological polar surface area (TPSA) is 100 Å². The molecule has 2 N–H and O–H groups in total. The third kappa shape index (κ3) is 5.33. The van der Waals surface area contributed by atoms with E-state index in [0.717, 1.165) is 56.5 Å². The van der Waals surface area contributed by atoms with Crippen molar-refractivity contribution in [3.8, 4) is 11.3 Å². The number of aromatic nitrogens is 3. The highest BCUT2D eigenvalue weighted by atomic mass is 32.2. The van der Waals surface area contributed by atoms with Gasteiger partial charge in [-0.2, -0.15) is 0 Å². The van der Waals surface area contributed by atoms with E-state index >= 15 is 0 Å². The Balaban J connectivity index is 1.04. The summed E-state index contributed by atoms with van der Waals surface area (Å²) in [4.78, 5) is 39.6. The van der Waals surface area contributed by atoms with Gasteiger partial charge in [-0.15, -0.1) is 11.3 Å². The summed E-state index contributed by atoms with van der Waals surface area (Å²) in [7, 11) is 0. The van der Waals surface area contributed by atoms with Gasteiger partial charge in [-0.25, -0.2) is 9.97 Å². The van der Waals surface area contributed by atoms with Crippen LogP contribution >= 0.6 is 23.1 Å². The molecule has 0 bridgehead atoms. The van der Waals surface area contributed by atoms with E-state index in [9.17, 15) is 9.59 Å². The van der Waals surface area contributed by atoms with Gasteiger partial charge in [0.05, 0.1) is 16.3 Å². The molecule has 0 spiro atoms. The van der Waals surface area contributed by atoms with Gasteiger partial charge in [-0.3, -0.25) is 19.9 Å². The Kier molecular flexibility index (Phi) is 7.17. The molecule has 0 atom stereocenters. The number of amides is 2. The average molecular weight is 543 g/mol. The molecule has 0 unspecified atom stereocenters. The summed E-state index contributed by atoms with van der Waals surface area (Å²) in [5, 5.41) is 9.05. The fourth-order valence-corrected chi connectivity index (χ4v) is 6.50. The van der Waals surface area contributed by atoms with Crippen LogP contribution < -0.4 is 15.5 Å². The number of hydrogen-bond acceptors (Lipinski definition) is 9. The van der Waals surface area contributed by atoms with Gasteiger partial charge >= 0.3 is 0 Å². The molecule has 38 heavy (non-hydrogen) atoms.